The number of hydrogen-bond acceptors (Lipinski definition) is 4. The monoisotopic (exact) mass is 203 g/mol. The van der Waals surface area contributed by atoms with Gasteiger partial charge >= 0.3 is 0 Å². The molecule has 0 unspecified atom stereocenters. The summed E-state index contributed by atoms with van der Waals surface area (Å²) in [7, 11) is 1.49. The van der Waals surface area contributed by atoms with Crippen LogP contribution in [0.1, 0.15) is 20.7 Å². The van der Waals surface area contributed by atoms with Crippen LogP contribution in [0.3, 0.4) is 0 Å². The summed E-state index contributed by atoms with van der Waals surface area (Å²) in [6, 6.07) is 6.43. The molecule has 1 aromatic carbocycles. The molecule has 2 rings (SSSR count). The fourth-order valence-corrected chi connectivity index (χ4v) is 1.59. The minimum Gasteiger partial charge on any atom is -0.503 e. The summed E-state index contributed by atoms with van der Waals surface area (Å²) >= 11 is 0. The Hall–Kier alpha value is -2.10. The van der Waals surface area contributed by atoms with E-state index in [9.17, 15) is 14.7 Å². The fourth-order valence-electron chi connectivity index (χ4n) is 1.59. The molecule has 0 amide bonds. The van der Waals surface area contributed by atoms with Crippen LogP contribution in [0.4, 0.5) is 0 Å². The van der Waals surface area contributed by atoms with Crippen molar-refractivity contribution in [3.05, 3.63) is 46.8 Å². The minimum atomic E-state index is -0.519. The number of allylic oxidation sites excluding steroid dienone is 2. The Bertz CT molecular complexity index is 488. The third kappa shape index (κ3) is 1.22. The molecule has 1 aliphatic rings. The van der Waals surface area contributed by atoms with Gasteiger partial charge in [-0.3, -0.25) is 9.59 Å². The second-order valence-electron chi connectivity index (χ2n) is 3.18. The first-order valence-electron chi connectivity index (χ1n) is 4.46. The molecule has 2 N–H and O–H groups in total. The zero-order valence-corrected chi connectivity index (χ0v) is 8.07. The number of aliphatic hydroxyl groups is 1. The largest absolute Gasteiger partial charge is 0.503 e. The summed E-state index contributed by atoms with van der Waals surface area (Å²) in [4.78, 5) is 23.4. The molecule has 0 radical (unpaired) electrons. The summed E-state index contributed by atoms with van der Waals surface area (Å²) in [6.07, 6.45) is 0. The molecule has 1 aliphatic carbocycles. The van der Waals surface area contributed by atoms with Gasteiger partial charge in [-0.2, -0.15) is 0 Å². The van der Waals surface area contributed by atoms with Gasteiger partial charge in [-0.15, -0.1) is 0 Å². The summed E-state index contributed by atoms with van der Waals surface area (Å²) in [6.45, 7) is 0. The molecule has 0 heterocycles. The summed E-state index contributed by atoms with van der Waals surface area (Å²) in [5.41, 5.74) is 0.530. The molecule has 1 aromatic rings. The standard InChI is InChI=1S/C11H9NO3/c1-12-8-9(13)6-4-2-3-5-7(6)10(14)11(8)15/h2-5,12,15H,1H3. The van der Waals surface area contributed by atoms with Gasteiger partial charge in [0.25, 0.3) is 0 Å². The maximum absolute atomic E-state index is 11.8. The molecular formula is C11H9NO3. The lowest BCUT2D eigenvalue weighted by Gasteiger charge is -2.16. The van der Waals surface area contributed by atoms with Gasteiger partial charge in [0, 0.05) is 18.2 Å². The van der Waals surface area contributed by atoms with E-state index in [4.69, 9.17) is 0 Å². The van der Waals surface area contributed by atoms with Crippen molar-refractivity contribution in [1.29, 1.82) is 0 Å². The number of hydrogen-bond donors (Lipinski definition) is 2. The summed E-state index contributed by atoms with van der Waals surface area (Å²) in [5.74, 6) is -1.39. The number of rotatable bonds is 1. The Kier molecular flexibility index (Phi) is 2.04. The molecule has 0 atom stereocenters. The molecule has 0 fully saturated rings. The Morgan fingerprint density at radius 2 is 1.60 bits per heavy atom. The highest BCUT2D eigenvalue weighted by molar-refractivity contribution is 6.25. The summed E-state index contributed by atoms with van der Waals surface area (Å²) in [5, 5.41) is 12.0. The molecule has 0 spiro atoms. The van der Waals surface area contributed by atoms with E-state index >= 15 is 0 Å². The van der Waals surface area contributed by atoms with E-state index in [0.717, 1.165) is 0 Å². The van der Waals surface area contributed by atoms with Gasteiger partial charge in [0.15, 0.2) is 5.76 Å². The molecule has 0 aromatic heterocycles. The van der Waals surface area contributed by atoms with E-state index in [-0.39, 0.29) is 17.0 Å². The van der Waals surface area contributed by atoms with Gasteiger partial charge in [0.1, 0.15) is 5.70 Å². The summed E-state index contributed by atoms with van der Waals surface area (Å²) < 4.78 is 0. The van der Waals surface area contributed by atoms with Crippen LogP contribution < -0.4 is 5.32 Å². The molecule has 0 bridgehead atoms. The lowest BCUT2D eigenvalue weighted by molar-refractivity contribution is 0.0924. The van der Waals surface area contributed by atoms with Gasteiger partial charge in [-0.25, -0.2) is 0 Å². The van der Waals surface area contributed by atoms with Crippen LogP contribution in [0.5, 0.6) is 0 Å². The van der Waals surface area contributed by atoms with Crippen molar-refractivity contribution in [2.75, 3.05) is 7.05 Å². The Balaban J connectivity index is 2.68. The molecule has 76 valence electrons. The van der Waals surface area contributed by atoms with E-state index in [2.05, 4.69) is 5.32 Å². The first kappa shape index (κ1) is 9.45. The molecular weight excluding hydrogens is 194 g/mol. The molecule has 4 heteroatoms. The van der Waals surface area contributed by atoms with Crippen LogP contribution in [-0.4, -0.2) is 23.7 Å². The molecule has 0 aliphatic heterocycles. The van der Waals surface area contributed by atoms with Crippen LogP contribution in [0.25, 0.3) is 0 Å². The van der Waals surface area contributed by atoms with Crippen molar-refractivity contribution in [2.24, 2.45) is 0 Å². The van der Waals surface area contributed by atoms with Gasteiger partial charge in [-0.05, 0) is 0 Å². The van der Waals surface area contributed by atoms with E-state index in [1.54, 1.807) is 18.2 Å². The number of benzene rings is 1. The van der Waals surface area contributed by atoms with E-state index in [1.807, 2.05) is 0 Å². The lowest BCUT2D eigenvalue weighted by Crippen LogP contribution is -2.28. The van der Waals surface area contributed by atoms with E-state index in [1.165, 1.54) is 13.1 Å². The SMILES string of the molecule is CNC1=C(O)C(=O)c2ccccc2C1=O. The van der Waals surface area contributed by atoms with Crippen molar-refractivity contribution in [1.82, 2.24) is 5.32 Å². The minimum absolute atomic E-state index is 0.0429. The van der Waals surface area contributed by atoms with Gasteiger partial charge in [-0.1, -0.05) is 24.3 Å². The van der Waals surface area contributed by atoms with Crippen molar-refractivity contribution in [3.8, 4) is 0 Å². The van der Waals surface area contributed by atoms with Gasteiger partial charge < -0.3 is 10.4 Å². The second-order valence-corrected chi connectivity index (χ2v) is 3.18. The van der Waals surface area contributed by atoms with Crippen LogP contribution in [-0.2, 0) is 0 Å². The number of carbonyl (C=O) groups is 2. The zero-order chi connectivity index (χ0) is 11.0. The third-order valence-corrected chi connectivity index (χ3v) is 2.35. The number of aliphatic hydroxyl groups excluding tert-OH is 1. The van der Waals surface area contributed by atoms with Crippen molar-refractivity contribution in [2.45, 2.75) is 0 Å². The highest BCUT2D eigenvalue weighted by Crippen LogP contribution is 2.23. The van der Waals surface area contributed by atoms with Crippen LogP contribution >= 0.6 is 0 Å². The average molecular weight is 203 g/mol. The molecule has 0 saturated carbocycles. The molecule has 0 saturated heterocycles. The Morgan fingerprint density at radius 1 is 1.07 bits per heavy atom. The number of carbonyl (C=O) groups excluding carboxylic acids is 2. The third-order valence-electron chi connectivity index (χ3n) is 2.35. The predicted octanol–water partition coefficient (Wildman–Crippen LogP) is 1.05. The van der Waals surface area contributed by atoms with E-state index < -0.39 is 11.5 Å². The van der Waals surface area contributed by atoms with E-state index in [0.29, 0.717) is 5.56 Å². The van der Waals surface area contributed by atoms with Crippen molar-refractivity contribution >= 4 is 11.6 Å². The average Bonchev–Trinajstić information content (AvgIpc) is 2.27. The van der Waals surface area contributed by atoms with Crippen LogP contribution in [0, 0.1) is 0 Å². The number of fused-ring (bicyclic) bond motifs is 1. The zero-order valence-electron chi connectivity index (χ0n) is 8.07. The topological polar surface area (TPSA) is 66.4 Å². The smallest absolute Gasteiger partial charge is 0.230 e. The first-order chi connectivity index (χ1) is 7.16. The van der Waals surface area contributed by atoms with Gasteiger partial charge in [0.2, 0.25) is 11.6 Å². The Labute approximate surface area is 86.2 Å². The second kappa shape index (κ2) is 3.24. The number of ketones is 2. The van der Waals surface area contributed by atoms with Crippen LogP contribution in [0.2, 0.25) is 0 Å². The number of Topliss-reactive ketones (excluding diaryl/α,β-unsaturated/α-hetero) is 2. The van der Waals surface area contributed by atoms with Crippen molar-refractivity contribution in [3.63, 3.8) is 0 Å². The Morgan fingerprint density at radius 3 is 2.13 bits per heavy atom. The van der Waals surface area contributed by atoms with Crippen molar-refractivity contribution < 1.29 is 14.7 Å². The highest BCUT2D eigenvalue weighted by Gasteiger charge is 2.31. The highest BCUT2D eigenvalue weighted by atomic mass is 16.3. The molecule has 15 heavy (non-hydrogen) atoms. The maximum Gasteiger partial charge on any atom is 0.230 e. The fraction of sp³-hybridized carbons (Fsp3) is 0.0909. The molecule has 4 nitrogen and oxygen atoms in total. The predicted molar refractivity (Wildman–Crippen MR) is 53.8 cm³/mol. The van der Waals surface area contributed by atoms with Crippen LogP contribution in [0.15, 0.2) is 35.7 Å². The lowest BCUT2D eigenvalue weighted by atomic mass is 9.91. The number of nitrogens with one attached hydrogen (secondary N) is 1. The van der Waals surface area contributed by atoms with Gasteiger partial charge in [0.05, 0.1) is 0 Å². The number of likely N-dealkylation sites (N-methyl/N-ethyl adjacent to an activating group) is 1. The quantitative estimate of drug-likeness (QED) is 0.716. The normalized spacial score (nSPS) is 15.3. The first-order valence-corrected chi connectivity index (χ1v) is 4.46. The maximum atomic E-state index is 11.8.